The van der Waals surface area contributed by atoms with E-state index in [1.807, 2.05) is 0 Å². The summed E-state index contributed by atoms with van der Waals surface area (Å²) in [6, 6.07) is 5.05. The van der Waals surface area contributed by atoms with E-state index < -0.39 is 5.76 Å². The average molecular weight is 203 g/mol. The molecule has 4 nitrogen and oxygen atoms in total. The smallest absolute Gasteiger partial charge is 0.408 e. The first kappa shape index (κ1) is 8.47. The maximum absolute atomic E-state index is 11.7. The molecular formula is C11H9NO3. The minimum atomic E-state index is -0.485. The number of carbonyl (C=O) groups excluding carboxylic acids is 1. The van der Waals surface area contributed by atoms with E-state index in [4.69, 9.17) is 4.42 Å². The fourth-order valence-corrected chi connectivity index (χ4v) is 1.69. The number of H-pyrrole nitrogens is 1. The van der Waals surface area contributed by atoms with Crippen LogP contribution in [-0.2, 0) is 0 Å². The first-order chi connectivity index (χ1) is 7.24. The lowest BCUT2D eigenvalue weighted by molar-refractivity contribution is 0.0968. The molecule has 1 aromatic heterocycles. The lowest BCUT2D eigenvalue weighted by Gasteiger charge is -1.97. The summed E-state index contributed by atoms with van der Waals surface area (Å²) < 4.78 is 4.86. The molecule has 0 unspecified atom stereocenters. The second-order valence-electron chi connectivity index (χ2n) is 3.86. The van der Waals surface area contributed by atoms with Crippen molar-refractivity contribution in [3.8, 4) is 0 Å². The highest BCUT2D eigenvalue weighted by atomic mass is 16.4. The monoisotopic (exact) mass is 203 g/mol. The standard InChI is InChI=1S/C11H9NO3/c13-10(6-1-2-6)7-3-4-9-8(5-7)12-11(14)15-9/h3-6H,1-2H2,(H,12,14). The van der Waals surface area contributed by atoms with Gasteiger partial charge in [0.05, 0.1) is 5.52 Å². The van der Waals surface area contributed by atoms with E-state index in [-0.39, 0.29) is 11.7 Å². The number of aromatic amines is 1. The Morgan fingerprint density at radius 3 is 2.93 bits per heavy atom. The molecule has 1 N–H and O–H groups in total. The Balaban J connectivity index is 2.12. The maximum Gasteiger partial charge on any atom is 0.417 e. The molecule has 0 radical (unpaired) electrons. The highest BCUT2D eigenvalue weighted by molar-refractivity contribution is 6.01. The van der Waals surface area contributed by atoms with Crippen LogP contribution in [0, 0.1) is 5.92 Å². The van der Waals surface area contributed by atoms with Gasteiger partial charge < -0.3 is 4.42 Å². The molecule has 1 aromatic carbocycles. The van der Waals surface area contributed by atoms with Crippen molar-refractivity contribution in [2.75, 3.05) is 0 Å². The molecule has 0 atom stereocenters. The van der Waals surface area contributed by atoms with Crippen LogP contribution in [0.2, 0.25) is 0 Å². The summed E-state index contributed by atoms with van der Waals surface area (Å²) in [5.74, 6) is -0.124. The second-order valence-corrected chi connectivity index (χ2v) is 3.86. The fraction of sp³-hybridized carbons (Fsp3) is 0.273. The molecule has 2 aromatic rings. The lowest BCUT2D eigenvalue weighted by atomic mass is 10.1. The van der Waals surface area contributed by atoms with Gasteiger partial charge in [0.2, 0.25) is 0 Å². The number of Topliss-reactive ketones (excluding diaryl/α,β-unsaturated/α-hetero) is 1. The van der Waals surface area contributed by atoms with Gasteiger partial charge in [0.1, 0.15) is 0 Å². The van der Waals surface area contributed by atoms with Gasteiger partial charge in [0.15, 0.2) is 11.4 Å². The van der Waals surface area contributed by atoms with Crippen molar-refractivity contribution in [2.45, 2.75) is 12.8 Å². The molecule has 1 aliphatic rings. The number of hydrogen-bond acceptors (Lipinski definition) is 3. The predicted octanol–water partition coefficient (Wildman–Crippen LogP) is 1.71. The summed E-state index contributed by atoms with van der Waals surface area (Å²) in [5.41, 5.74) is 1.74. The number of carbonyl (C=O) groups is 1. The minimum Gasteiger partial charge on any atom is -0.408 e. The SMILES string of the molecule is O=C(c1ccc2oc(=O)[nH]c2c1)C1CC1. The van der Waals surface area contributed by atoms with Crippen LogP contribution in [0.25, 0.3) is 11.1 Å². The molecule has 0 spiro atoms. The van der Waals surface area contributed by atoms with Gasteiger partial charge in [-0.15, -0.1) is 0 Å². The number of benzene rings is 1. The van der Waals surface area contributed by atoms with Gasteiger partial charge in [0.25, 0.3) is 0 Å². The van der Waals surface area contributed by atoms with Crippen LogP contribution < -0.4 is 5.76 Å². The zero-order valence-electron chi connectivity index (χ0n) is 7.95. The molecule has 1 aliphatic carbocycles. The van der Waals surface area contributed by atoms with E-state index in [9.17, 15) is 9.59 Å². The molecule has 1 fully saturated rings. The number of rotatable bonds is 2. The van der Waals surface area contributed by atoms with E-state index in [0.717, 1.165) is 12.8 Å². The quantitative estimate of drug-likeness (QED) is 0.756. The molecule has 1 heterocycles. The van der Waals surface area contributed by atoms with Gasteiger partial charge >= 0.3 is 5.76 Å². The first-order valence-corrected chi connectivity index (χ1v) is 4.91. The van der Waals surface area contributed by atoms with E-state index in [0.29, 0.717) is 16.7 Å². The van der Waals surface area contributed by atoms with Crippen molar-refractivity contribution in [3.05, 3.63) is 34.3 Å². The van der Waals surface area contributed by atoms with E-state index >= 15 is 0 Å². The van der Waals surface area contributed by atoms with Crippen molar-refractivity contribution < 1.29 is 9.21 Å². The van der Waals surface area contributed by atoms with Crippen LogP contribution in [0.4, 0.5) is 0 Å². The highest BCUT2D eigenvalue weighted by Crippen LogP contribution is 2.32. The van der Waals surface area contributed by atoms with E-state index in [1.165, 1.54) is 0 Å². The molecule has 0 saturated heterocycles. The summed E-state index contributed by atoms with van der Waals surface area (Å²) in [6.45, 7) is 0. The normalized spacial score (nSPS) is 15.7. The van der Waals surface area contributed by atoms with Crippen LogP contribution in [0.3, 0.4) is 0 Å². The van der Waals surface area contributed by atoms with Crippen LogP contribution in [0.1, 0.15) is 23.2 Å². The molecule has 1 saturated carbocycles. The third-order valence-corrected chi connectivity index (χ3v) is 2.65. The van der Waals surface area contributed by atoms with E-state index in [1.54, 1.807) is 18.2 Å². The van der Waals surface area contributed by atoms with Crippen molar-refractivity contribution in [1.29, 1.82) is 0 Å². The minimum absolute atomic E-state index is 0.166. The molecule has 76 valence electrons. The molecule has 0 bridgehead atoms. The number of fused-ring (bicyclic) bond motifs is 1. The number of aromatic nitrogens is 1. The largest absolute Gasteiger partial charge is 0.417 e. The Labute approximate surface area is 84.9 Å². The summed E-state index contributed by atoms with van der Waals surface area (Å²) in [4.78, 5) is 25.2. The van der Waals surface area contributed by atoms with Crippen LogP contribution >= 0.6 is 0 Å². The lowest BCUT2D eigenvalue weighted by Crippen LogP contribution is -2.00. The average Bonchev–Trinajstić information content (AvgIpc) is 2.98. The van der Waals surface area contributed by atoms with Gasteiger partial charge in [-0.25, -0.2) is 4.79 Å². The van der Waals surface area contributed by atoms with Gasteiger partial charge in [-0.05, 0) is 31.0 Å². The Bertz CT molecular complexity index is 589. The zero-order valence-corrected chi connectivity index (χ0v) is 7.95. The van der Waals surface area contributed by atoms with Crippen molar-refractivity contribution >= 4 is 16.9 Å². The summed E-state index contributed by atoms with van der Waals surface area (Å²) in [5, 5.41) is 0. The molecule has 4 heteroatoms. The Kier molecular flexibility index (Phi) is 1.59. The van der Waals surface area contributed by atoms with Crippen molar-refractivity contribution in [2.24, 2.45) is 5.92 Å². The maximum atomic E-state index is 11.7. The Hall–Kier alpha value is -1.84. The molecule has 0 aliphatic heterocycles. The third kappa shape index (κ3) is 1.38. The summed E-state index contributed by atoms with van der Waals surface area (Å²) in [6.07, 6.45) is 1.97. The van der Waals surface area contributed by atoms with Crippen LogP contribution in [0.5, 0.6) is 0 Å². The first-order valence-electron chi connectivity index (χ1n) is 4.91. The van der Waals surface area contributed by atoms with Gasteiger partial charge in [-0.1, -0.05) is 0 Å². The number of nitrogens with one attached hydrogen (secondary N) is 1. The number of oxazole rings is 1. The third-order valence-electron chi connectivity index (χ3n) is 2.65. The van der Waals surface area contributed by atoms with Gasteiger partial charge in [0, 0.05) is 11.5 Å². The number of ketones is 1. The molecule has 15 heavy (non-hydrogen) atoms. The van der Waals surface area contributed by atoms with Crippen LogP contribution in [0.15, 0.2) is 27.4 Å². The Morgan fingerprint density at radius 1 is 1.40 bits per heavy atom. The highest BCUT2D eigenvalue weighted by Gasteiger charge is 2.30. The predicted molar refractivity (Wildman–Crippen MR) is 53.9 cm³/mol. The van der Waals surface area contributed by atoms with Gasteiger partial charge in [-0.2, -0.15) is 0 Å². The summed E-state index contributed by atoms with van der Waals surface area (Å²) >= 11 is 0. The number of hydrogen-bond donors (Lipinski definition) is 1. The molecule has 3 rings (SSSR count). The Morgan fingerprint density at radius 2 is 2.20 bits per heavy atom. The molecule has 0 amide bonds. The summed E-state index contributed by atoms with van der Waals surface area (Å²) in [7, 11) is 0. The van der Waals surface area contributed by atoms with Crippen molar-refractivity contribution in [3.63, 3.8) is 0 Å². The fourth-order valence-electron chi connectivity index (χ4n) is 1.69. The molecular weight excluding hydrogens is 194 g/mol. The van der Waals surface area contributed by atoms with Crippen molar-refractivity contribution in [1.82, 2.24) is 4.98 Å². The second kappa shape index (κ2) is 2.82. The zero-order chi connectivity index (χ0) is 10.4. The topological polar surface area (TPSA) is 63.1 Å². The van der Waals surface area contributed by atoms with E-state index in [2.05, 4.69) is 4.98 Å². The van der Waals surface area contributed by atoms with Crippen LogP contribution in [-0.4, -0.2) is 10.8 Å². The van der Waals surface area contributed by atoms with Gasteiger partial charge in [-0.3, -0.25) is 9.78 Å².